The first kappa shape index (κ1) is 23.0. The zero-order chi connectivity index (χ0) is 24.6. The summed E-state index contributed by atoms with van der Waals surface area (Å²) >= 11 is 0. The maximum Gasteiger partial charge on any atom is 0.213 e. The maximum atomic E-state index is 9.71. The summed E-state index contributed by atoms with van der Waals surface area (Å²) in [5.74, 6) is 2.00. The number of ether oxygens (including phenoxy) is 4. The lowest BCUT2D eigenvalue weighted by Crippen LogP contribution is -2.61. The third kappa shape index (κ3) is 4.21. The summed E-state index contributed by atoms with van der Waals surface area (Å²) in [5.41, 5.74) is 3.73. The number of aryl methyl sites for hydroxylation is 1. The van der Waals surface area contributed by atoms with E-state index in [2.05, 4.69) is 26.3 Å². The predicted molar refractivity (Wildman–Crippen MR) is 131 cm³/mol. The molecule has 9 nitrogen and oxygen atoms in total. The van der Waals surface area contributed by atoms with Crippen molar-refractivity contribution in [2.24, 2.45) is 0 Å². The molecule has 3 fully saturated rings. The van der Waals surface area contributed by atoms with Crippen molar-refractivity contribution in [1.29, 1.82) is 5.26 Å². The van der Waals surface area contributed by atoms with Gasteiger partial charge in [-0.3, -0.25) is 9.97 Å². The summed E-state index contributed by atoms with van der Waals surface area (Å²) < 4.78 is 23.1. The Kier molecular flexibility index (Phi) is 5.86. The number of aromatic nitrogens is 3. The van der Waals surface area contributed by atoms with Gasteiger partial charge in [-0.2, -0.15) is 5.26 Å². The molecule has 0 spiro atoms. The van der Waals surface area contributed by atoms with Crippen molar-refractivity contribution >= 4 is 11.0 Å². The second kappa shape index (κ2) is 9.19. The number of pyridine rings is 3. The summed E-state index contributed by atoms with van der Waals surface area (Å²) in [6.45, 7) is 2.47. The Balaban J connectivity index is 1.12. The highest BCUT2D eigenvalue weighted by atomic mass is 16.6. The molecule has 0 radical (unpaired) electrons. The van der Waals surface area contributed by atoms with Gasteiger partial charge in [-0.1, -0.05) is 0 Å². The van der Waals surface area contributed by atoms with Crippen LogP contribution < -0.4 is 19.5 Å². The van der Waals surface area contributed by atoms with Crippen molar-refractivity contribution < 1.29 is 18.9 Å². The predicted octanol–water partition coefficient (Wildman–Crippen LogP) is 3.48. The van der Waals surface area contributed by atoms with Crippen LogP contribution in [0.25, 0.3) is 11.0 Å². The highest BCUT2D eigenvalue weighted by molar-refractivity contribution is 5.80. The molecule has 4 aliphatic rings. The zero-order valence-electron chi connectivity index (χ0n) is 20.4. The number of hydrogen-bond acceptors (Lipinski definition) is 9. The summed E-state index contributed by atoms with van der Waals surface area (Å²) in [6, 6.07) is 7.94. The number of hydrogen-bond donors (Lipinski definition) is 1. The molecular formula is C27H29N5O4. The molecule has 1 aliphatic carbocycles. The first-order valence-electron chi connectivity index (χ1n) is 12.5. The lowest BCUT2D eigenvalue weighted by Gasteiger charge is -2.53. The van der Waals surface area contributed by atoms with E-state index in [1.165, 1.54) is 0 Å². The van der Waals surface area contributed by atoms with Gasteiger partial charge < -0.3 is 24.3 Å². The Morgan fingerprint density at radius 3 is 2.67 bits per heavy atom. The molecular weight excluding hydrogens is 458 g/mol. The van der Waals surface area contributed by atoms with Crippen LogP contribution in [0.3, 0.4) is 0 Å². The summed E-state index contributed by atoms with van der Waals surface area (Å²) in [5, 5.41) is 13.4. The molecule has 6 heterocycles. The molecule has 186 valence electrons. The van der Waals surface area contributed by atoms with Crippen LogP contribution in [0.1, 0.15) is 48.9 Å². The Hall–Kier alpha value is -3.48. The fourth-order valence-corrected chi connectivity index (χ4v) is 5.59. The lowest BCUT2D eigenvalue weighted by molar-refractivity contribution is -0.165. The molecule has 1 N–H and O–H groups in total. The van der Waals surface area contributed by atoms with Gasteiger partial charge in [-0.05, 0) is 50.2 Å². The van der Waals surface area contributed by atoms with Crippen LogP contribution in [0.2, 0.25) is 0 Å². The third-order valence-electron chi connectivity index (χ3n) is 7.86. The largest absolute Gasteiger partial charge is 0.486 e. The minimum absolute atomic E-state index is 0.0349. The van der Waals surface area contributed by atoms with Crippen LogP contribution in [-0.2, 0) is 17.7 Å². The van der Waals surface area contributed by atoms with E-state index in [4.69, 9.17) is 18.9 Å². The number of rotatable bonds is 7. The molecule has 3 aliphatic heterocycles. The van der Waals surface area contributed by atoms with Crippen LogP contribution >= 0.6 is 0 Å². The van der Waals surface area contributed by atoms with Crippen molar-refractivity contribution in [3.63, 3.8) is 0 Å². The first-order valence-corrected chi connectivity index (χ1v) is 12.5. The van der Waals surface area contributed by atoms with Gasteiger partial charge in [0.2, 0.25) is 5.88 Å². The number of fused-ring (bicyclic) bond motifs is 5. The van der Waals surface area contributed by atoms with Gasteiger partial charge in [0.05, 0.1) is 47.8 Å². The van der Waals surface area contributed by atoms with Crippen molar-refractivity contribution in [3.05, 3.63) is 47.4 Å². The average Bonchev–Trinajstić information content (AvgIpc) is 2.95. The number of nitrogens with one attached hydrogen (secondary N) is 1. The fourth-order valence-electron chi connectivity index (χ4n) is 5.59. The molecule has 2 bridgehead atoms. The molecule has 9 heteroatoms. The fraction of sp³-hybridized carbons (Fsp3) is 0.481. The van der Waals surface area contributed by atoms with Crippen molar-refractivity contribution in [1.82, 2.24) is 20.3 Å². The van der Waals surface area contributed by atoms with Crippen LogP contribution in [0, 0.1) is 11.3 Å². The van der Waals surface area contributed by atoms with E-state index in [-0.39, 0.29) is 11.1 Å². The number of methoxy groups -OCH3 is 1. The monoisotopic (exact) mass is 487 g/mol. The maximum absolute atomic E-state index is 9.71. The van der Waals surface area contributed by atoms with E-state index in [1.54, 1.807) is 25.6 Å². The van der Waals surface area contributed by atoms with E-state index in [0.29, 0.717) is 50.0 Å². The normalized spacial score (nSPS) is 24.4. The summed E-state index contributed by atoms with van der Waals surface area (Å²) in [6.07, 6.45) is 9.01. The van der Waals surface area contributed by atoms with Gasteiger partial charge in [0.15, 0.2) is 11.5 Å². The quantitative estimate of drug-likeness (QED) is 0.535. The van der Waals surface area contributed by atoms with Crippen molar-refractivity contribution in [2.45, 2.75) is 56.2 Å². The lowest BCUT2D eigenvalue weighted by atomic mass is 9.69. The molecule has 0 unspecified atom stereocenters. The third-order valence-corrected chi connectivity index (χ3v) is 7.86. The van der Waals surface area contributed by atoms with Gasteiger partial charge in [-0.25, -0.2) is 4.98 Å². The SMILES string of the molecule is COc1ccc2ncc(C#N)c(CCC34CCC(NCc5cc6c(cn5)OCCO6)(CC3)CO4)c2n1. The zero-order valence-corrected chi connectivity index (χ0v) is 20.4. The van der Waals surface area contributed by atoms with E-state index in [9.17, 15) is 5.26 Å². The summed E-state index contributed by atoms with van der Waals surface area (Å²) in [7, 11) is 1.59. The molecule has 3 aromatic heterocycles. The summed E-state index contributed by atoms with van der Waals surface area (Å²) in [4.78, 5) is 13.5. The Morgan fingerprint density at radius 1 is 1.08 bits per heavy atom. The van der Waals surface area contributed by atoms with Crippen molar-refractivity contribution in [2.75, 3.05) is 26.9 Å². The second-order valence-corrected chi connectivity index (χ2v) is 9.91. The van der Waals surface area contributed by atoms with E-state index in [0.717, 1.165) is 60.1 Å². The molecule has 2 saturated heterocycles. The molecule has 7 rings (SSSR count). The minimum Gasteiger partial charge on any atom is -0.486 e. The molecule has 3 aromatic rings. The first-order chi connectivity index (χ1) is 17.6. The van der Waals surface area contributed by atoms with Gasteiger partial charge >= 0.3 is 0 Å². The van der Waals surface area contributed by atoms with Gasteiger partial charge in [0, 0.05) is 30.4 Å². The molecule has 0 aromatic carbocycles. The Labute approximate surface area is 209 Å². The van der Waals surface area contributed by atoms with Crippen LogP contribution in [0.4, 0.5) is 0 Å². The van der Waals surface area contributed by atoms with E-state index < -0.39 is 0 Å². The van der Waals surface area contributed by atoms with Crippen LogP contribution in [0.15, 0.2) is 30.6 Å². The van der Waals surface area contributed by atoms with Gasteiger partial charge in [0.1, 0.15) is 19.3 Å². The van der Waals surface area contributed by atoms with Crippen molar-refractivity contribution in [3.8, 4) is 23.4 Å². The standard InChI is InChI=1S/C27H29N5O4/c1-33-24-3-2-21-25(32-24)20(18(13-28)14-30-21)4-5-27-8-6-26(7-9-27,17-36-27)31-15-19-12-22-23(16-29-19)35-11-10-34-22/h2-3,12,14,16,31H,4-11,15,17H2,1H3. The van der Waals surface area contributed by atoms with Gasteiger partial charge in [0.25, 0.3) is 0 Å². The highest BCUT2D eigenvalue weighted by Crippen LogP contribution is 2.46. The minimum atomic E-state index is -0.167. The second-order valence-electron chi connectivity index (χ2n) is 9.91. The average molecular weight is 488 g/mol. The number of nitrogens with zero attached hydrogens (tertiary/aromatic N) is 4. The molecule has 36 heavy (non-hydrogen) atoms. The van der Waals surface area contributed by atoms with E-state index in [1.807, 2.05) is 12.1 Å². The van der Waals surface area contributed by atoms with Gasteiger partial charge in [-0.15, -0.1) is 0 Å². The highest BCUT2D eigenvalue weighted by Gasteiger charge is 2.49. The number of nitriles is 1. The molecule has 1 saturated carbocycles. The van der Waals surface area contributed by atoms with E-state index >= 15 is 0 Å². The molecule has 0 atom stereocenters. The smallest absolute Gasteiger partial charge is 0.213 e. The van der Waals surface area contributed by atoms with Crippen LogP contribution in [-0.4, -0.2) is 53.0 Å². The topological polar surface area (TPSA) is 111 Å². The Morgan fingerprint density at radius 2 is 1.92 bits per heavy atom. The Bertz CT molecular complexity index is 1310. The molecule has 0 amide bonds. The van der Waals surface area contributed by atoms with Crippen LogP contribution in [0.5, 0.6) is 17.4 Å².